The zero-order valence-electron chi connectivity index (χ0n) is 12.2. The van der Waals surface area contributed by atoms with Gasteiger partial charge in [0.15, 0.2) is 0 Å². The van der Waals surface area contributed by atoms with Gasteiger partial charge in [-0.3, -0.25) is 4.79 Å². The number of nitrogens with two attached hydrogens (primary N) is 1. The van der Waals surface area contributed by atoms with Crippen molar-refractivity contribution in [1.29, 1.82) is 0 Å². The van der Waals surface area contributed by atoms with Gasteiger partial charge in [-0.2, -0.15) is 0 Å². The molecule has 4 nitrogen and oxygen atoms in total. The quantitative estimate of drug-likeness (QED) is 0.599. The second-order valence-electron chi connectivity index (χ2n) is 5.35. The van der Waals surface area contributed by atoms with E-state index in [2.05, 4.69) is 5.32 Å². The summed E-state index contributed by atoms with van der Waals surface area (Å²) < 4.78 is 0. The molecule has 1 unspecified atom stereocenters. The molecule has 2 atom stereocenters. The van der Waals surface area contributed by atoms with Crippen LogP contribution in [0.15, 0.2) is 30.3 Å². The highest BCUT2D eigenvalue weighted by molar-refractivity contribution is 5.81. The highest BCUT2D eigenvalue weighted by Crippen LogP contribution is 2.05. The van der Waals surface area contributed by atoms with Gasteiger partial charge in [0.2, 0.25) is 5.91 Å². The van der Waals surface area contributed by atoms with E-state index in [1.807, 2.05) is 37.3 Å². The molecule has 0 aliphatic heterocycles. The monoisotopic (exact) mass is 278 g/mol. The number of aliphatic hydroxyl groups excluding tert-OH is 1. The van der Waals surface area contributed by atoms with Crippen LogP contribution < -0.4 is 11.1 Å². The maximum absolute atomic E-state index is 11.8. The number of amides is 1. The van der Waals surface area contributed by atoms with Crippen LogP contribution in [0.1, 0.15) is 31.7 Å². The van der Waals surface area contributed by atoms with Crippen LogP contribution in [0.3, 0.4) is 0 Å². The van der Waals surface area contributed by atoms with Crippen molar-refractivity contribution in [3.8, 4) is 0 Å². The van der Waals surface area contributed by atoms with Crippen molar-refractivity contribution >= 4 is 5.91 Å². The van der Waals surface area contributed by atoms with Crippen molar-refractivity contribution in [3.05, 3.63) is 35.9 Å². The molecule has 0 heterocycles. The predicted molar refractivity (Wildman–Crippen MR) is 81.2 cm³/mol. The van der Waals surface area contributed by atoms with Gasteiger partial charge in [-0.25, -0.2) is 0 Å². The van der Waals surface area contributed by atoms with Crippen LogP contribution in [0.5, 0.6) is 0 Å². The molecule has 0 saturated heterocycles. The van der Waals surface area contributed by atoms with E-state index in [9.17, 15) is 4.79 Å². The van der Waals surface area contributed by atoms with Crippen molar-refractivity contribution in [2.24, 2.45) is 11.7 Å². The molecule has 1 rings (SSSR count). The number of hydrogen-bond donors (Lipinski definition) is 3. The average Bonchev–Trinajstić information content (AvgIpc) is 2.49. The van der Waals surface area contributed by atoms with Crippen LogP contribution in [-0.4, -0.2) is 30.2 Å². The number of benzene rings is 1. The second kappa shape index (κ2) is 9.50. The lowest BCUT2D eigenvalue weighted by molar-refractivity contribution is -0.122. The lowest BCUT2D eigenvalue weighted by Crippen LogP contribution is -2.41. The standard InChI is InChI=1S/C16H26N2O2/c1-13(12-19)6-5-11-18-16(20)15(17)10-9-14-7-3-2-4-8-14/h2-4,7-8,13,15,19H,5-6,9-12,17H2,1H3,(H,18,20)/t13?,15-/m0/s1. The molecule has 0 aromatic heterocycles. The minimum Gasteiger partial charge on any atom is -0.396 e. The highest BCUT2D eigenvalue weighted by Gasteiger charge is 2.12. The van der Waals surface area contributed by atoms with Crippen molar-refractivity contribution in [2.75, 3.05) is 13.2 Å². The summed E-state index contributed by atoms with van der Waals surface area (Å²) >= 11 is 0. The average molecular weight is 278 g/mol. The number of aliphatic hydroxyl groups is 1. The number of nitrogens with one attached hydrogen (secondary N) is 1. The van der Waals surface area contributed by atoms with Crippen LogP contribution in [0.4, 0.5) is 0 Å². The van der Waals surface area contributed by atoms with Gasteiger partial charge in [0.1, 0.15) is 0 Å². The molecule has 20 heavy (non-hydrogen) atoms. The molecule has 1 aromatic rings. The second-order valence-corrected chi connectivity index (χ2v) is 5.35. The Labute approximate surface area is 121 Å². The molecule has 0 aliphatic rings. The van der Waals surface area contributed by atoms with Gasteiger partial charge in [0.05, 0.1) is 6.04 Å². The Balaban J connectivity index is 2.16. The Bertz CT molecular complexity index is 381. The van der Waals surface area contributed by atoms with Crippen molar-refractivity contribution in [1.82, 2.24) is 5.32 Å². The van der Waals surface area contributed by atoms with E-state index < -0.39 is 6.04 Å². The van der Waals surface area contributed by atoms with E-state index in [1.54, 1.807) is 0 Å². The molecule has 1 aromatic carbocycles. The number of hydrogen-bond acceptors (Lipinski definition) is 3. The number of carbonyl (C=O) groups excluding carboxylic acids is 1. The van der Waals surface area contributed by atoms with E-state index in [4.69, 9.17) is 10.8 Å². The molecule has 0 saturated carbocycles. The smallest absolute Gasteiger partial charge is 0.236 e. The summed E-state index contributed by atoms with van der Waals surface area (Å²) in [6.45, 7) is 2.82. The van der Waals surface area contributed by atoms with Gasteiger partial charge in [-0.05, 0) is 37.2 Å². The summed E-state index contributed by atoms with van der Waals surface area (Å²) in [7, 11) is 0. The summed E-state index contributed by atoms with van der Waals surface area (Å²) in [5.74, 6) is 0.205. The zero-order chi connectivity index (χ0) is 14.8. The van der Waals surface area contributed by atoms with Gasteiger partial charge < -0.3 is 16.2 Å². The predicted octanol–water partition coefficient (Wildman–Crippen LogP) is 1.47. The van der Waals surface area contributed by atoms with Crippen LogP contribution >= 0.6 is 0 Å². The first-order valence-electron chi connectivity index (χ1n) is 7.31. The maximum Gasteiger partial charge on any atom is 0.236 e. The van der Waals surface area contributed by atoms with Crippen molar-refractivity contribution in [3.63, 3.8) is 0 Å². The zero-order valence-corrected chi connectivity index (χ0v) is 12.2. The molecule has 0 aliphatic carbocycles. The molecular formula is C16H26N2O2. The molecule has 0 fully saturated rings. The van der Waals surface area contributed by atoms with Crippen LogP contribution in [0.25, 0.3) is 0 Å². The first-order valence-corrected chi connectivity index (χ1v) is 7.31. The van der Waals surface area contributed by atoms with Crippen LogP contribution in [-0.2, 0) is 11.2 Å². The van der Waals surface area contributed by atoms with E-state index in [-0.39, 0.29) is 12.5 Å². The fourth-order valence-electron chi connectivity index (χ4n) is 1.98. The minimum atomic E-state index is -0.453. The number of aryl methyl sites for hydroxylation is 1. The Kier molecular flexibility index (Phi) is 7.92. The van der Waals surface area contributed by atoms with Crippen molar-refractivity contribution in [2.45, 2.75) is 38.6 Å². The Hall–Kier alpha value is -1.39. The van der Waals surface area contributed by atoms with E-state index in [1.165, 1.54) is 5.56 Å². The summed E-state index contributed by atoms with van der Waals surface area (Å²) in [4.78, 5) is 11.8. The van der Waals surface area contributed by atoms with E-state index in [0.717, 1.165) is 19.3 Å². The summed E-state index contributed by atoms with van der Waals surface area (Å²) in [5, 5.41) is 11.8. The highest BCUT2D eigenvalue weighted by atomic mass is 16.3. The fraction of sp³-hybridized carbons (Fsp3) is 0.562. The first-order chi connectivity index (χ1) is 9.63. The molecular weight excluding hydrogens is 252 g/mol. The van der Waals surface area contributed by atoms with Crippen LogP contribution in [0, 0.1) is 5.92 Å². The minimum absolute atomic E-state index is 0.0856. The molecule has 0 radical (unpaired) electrons. The van der Waals surface area contributed by atoms with Gasteiger partial charge in [0, 0.05) is 13.2 Å². The van der Waals surface area contributed by atoms with Crippen molar-refractivity contribution < 1.29 is 9.90 Å². The lowest BCUT2D eigenvalue weighted by atomic mass is 10.0. The Morgan fingerprint density at radius 1 is 1.30 bits per heavy atom. The fourth-order valence-corrected chi connectivity index (χ4v) is 1.98. The summed E-state index contributed by atoms with van der Waals surface area (Å²) in [6, 6.07) is 9.59. The normalized spacial score (nSPS) is 13.8. The lowest BCUT2D eigenvalue weighted by Gasteiger charge is -2.13. The third-order valence-corrected chi connectivity index (χ3v) is 3.41. The number of rotatable bonds is 9. The van der Waals surface area contributed by atoms with Gasteiger partial charge in [-0.15, -0.1) is 0 Å². The third kappa shape index (κ3) is 6.68. The Morgan fingerprint density at radius 3 is 2.65 bits per heavy atom. The Morgan fingerprint density at radius 2 is 2.00 bits per heavy atom. The summed E-state index contributed by atoms with van der Waals surface area (Å²) in [6.07, 6.45) is 3.26. The molecule has 4 heteroatoms. The van der Waals surface area contributed by atoms with Gasteiger partial charge in [-0.1, -0.05) is 37.3 Å². The molecule has 112 valence electrons. The third-order valence-electron chi connectivity index (χ3n) is 3.41. The van der Waals surface area contributed by atoms with Gasteiger partial charge in [0.25, 0.3) is 0 Å². The van der Waals surface area contributed by atoms with E-state index in [0.29, 0.717) is 18.9 Å². The molecule has 4 N–H and O–H groups in total. The largest absolute Gasteiger partial charge is 0.396 e. The van der Waals surface area contributed by atoms with Gasteiger partial charge >= 0.3 is 0 Å². The van der Waals surface area contributed by atoms with E-state index >= 15 is 0 Å². The molecule has 0 bridgehead atoms. The first kappa shape index (κ1) is 16.7. The molecule has 0 spiro atoms. The molecule has 1 amide bonds. The summed E-state index contributed by atoms with van der Waals surface area (Å²) in [5.41, 5.74) is 7.08. The van der Waals surface area contributed by atoms with Crippen LogP contribution in [0.2, 0.25) is 0 Å². The topological polar surface area (TPSA) is 75.3 Å². The SMILES string of the molecule is CC(CO)CCCNC(=O)[C@@H](N)CCc1ccccc1. The maximum atomic E-state index is 11.8. The number of carbonyl (C=O) groups is 1.